The number of halogens is 2. The van der Waals surface area contributed by atoms with Crippen LogP contribution in [-0.2, 0) is 11.3 Å². The number of hydrogen-bond acceptors (Lipinski definition) is 6. The second-order valence-corrected chi connectivity index (χ2v) is 8.16. The van der Waals surface area contributed by atoms with Crippen LogP contribution in [0.1, 0.15) is 46.2 Å². The molecule has 1 aromatic carbocycles. The summed E-state index contributed by atoms with van der Waals surface area (Å²) in [6.07, 6.45) is 1.94. The standard InChI is InChI=1S/C21H22ClFN4O5/c1-3-14-21(7-8-32-14)25-27-10-12(17(28)18(29)16(27)20(31)26(21)2)19(30)24-9-11-5-4-6-13(22)15(11)23/h4-6,10,14,25,29H,3,7-9H2,1-2H3,(H,24,30). The van der Waals surface area contributed by atoms with Gasteiger partial charge in [0.1, 0.15) is 17.5 Å². The summed E-state index contributed by atoms with van der Waals surface area (Å²) in [5, 5.41) is 12.8. The number of pyridine rings is 1. The van der Waals surface area contributed by atoms with Gasteiger partial charge in [0.05, 0.1) is 11.6 Å². The lowest BCUT2D eigenvalue weighted by molar-refractivity contribution is 0.00978. The first kappa shape index (κ1) is 22.1. The number of carbonyl (C=O) groups excluding carboxylic acids is 2. The molecule has 0 aliphatic carbocycles. The Labute approximate surface area is 187 Å². The lowest BCUT2D eigenvalue weighted by Crippen LogP contribution is -2.66. The van der Waals surface area contributed by atoms with E-state index in [1.807, 2.05) is 6.92 Å². The van der Waals surface area contributed by atoms with Crippen LogP contribution in [0.25, 0.3) is 0 Å². The fourth-order valence-electron chi connectivity index (χ4n) is 4.26. The summed E-state index contributed by atoms with van der Waals surface area (Å²) in [7, 11) is 1.57. The maximum Gasteiger partial charge on any atom is 0.278 e. The van der Waals surface area contributed by atoms with Crippen LogP contribution in [0.3, 0.4) is 0 Å². The molecule has 1 aromatic heterocycles. The molecule has 0 saturated carbocycles. The fourth-order valence-corrected chi connectivity index (χ4v) is 4.45. The number of hydrogen-bond donors (Lipinski definition) is 3. The molecule has 2 amide bonds. The lowest BCUT2D eigenvalue weighted by atomic mass is 9.96. The van der Waals surface area contributed by atoms with Crippen molar-refractivity contribution in [2.75, 3.05) is 19.1 Å². The van der Waals surface area contributed by atoms with Crippen molar-refractivity contribution in [2.24, 2.45) is 0 Å². The summed E-state index contributed by atoms with van der Waals surface area (Å²) in [4.78, 5) is 39.8. The minimum atomic E-state index is -1.01. The molecule has 2 aliphatic rings. The summed E-state index contributed by atoms with van der Waals surface area (Å²) >= 11 is 5.75. The molecule has 9 nitrogen and oxygen atoms in total. The number of benzene rings is 1. The first-order valence-corrected chi connectivity index (χ1v) is 10.5. The van der Waals surface area contributed by atoms with E-state index in [4.69, 9.17) is 16.3 Å². The molecule has 3 heterocycles. The van der Waals surface area contributed by atoms with E-state index in [1.54, 1.807) is 7.05 Å². The van der Waals surface area contributed by atoms with Gasteiger partial charge in [-0.1, -0.05) is 30.7 Å². The Balaban J connectivity index is 1.68. The third-order valence-corrected chi connectivity index (χ3v) is 6.32. The highest BCUT2D eigenvalue weighted by molar-refractivity contribution is 6.30. The molecular weight excluding hydrogens is 443 g/mol. The van der Waals surface area contributed by atoms with Crippen molar-refractivity contribution in [3.8, 4) is 5.75 Å². The lowest BCUT2D eigenvalue weighted by Gasteiger charge is -2.47. The van der Waals surface area contributed by atoms with Crippen LogP contribution in [0.5, 0.6) is 5.75 Å². The Morgan fingerprint density at radius 2 is 2.19 bits per heavy atom. The minimum absolute atomic E-state index is 0.0929. The second kappa shape index (κ2) is 8.10. The number of fused-ring (bicyclic) bond motifs is 1. The predicted octanol–water partition coefficient (Wildman–Crippen LogP) is 1.80. The molecule has 2 unspecified atom stereocenters. The van der Waals surface area contributed by atoms with Gasteiger partial charge in [0.2, 0.25) is 5.43 Å². The molecule has 2 aliphatic heterocycles. The van der Waals surface area contributed by atoms with Crippen LogP contribution in [0.15, 0.2) is 29.2 Å². The SMILES string of the molecule is CCC1OCCC12Nn1cc(C(=O)NCc3cccc(Cl)c3F)c(=O)c(O)c1C(=O)N2C. The van der Waals surface area contributed by atoms with E-state index < -0.39 is 40.0 Å². The average molecular weight is 465 g/mol. The summed E-state index contributed by atoms with van der Waals surface area (Å²) in [6, 6.07) is 4.36. The van der Waals surface area contributed by atoms with E-state index in [2.05, 4.69) is 10.7 Å². The summed E-state index contributed by atoms with van der Waals surface area (Å²) < 4.78 is 21.0. The zero-order chi connectivity index (χ0) is 23.2. The number of aromatic hydroxyl groups is 1. The highest BCUT2D eigenvalue weighted by atomic mass is 35.5. The minimum Gasteiger partial charge on any atom is -0.502 e. The Hall–Kier alpha value is -3.11. The van der Waals surface area contributed by atoms with Gasteiger partial charge in [-0.15, -0.1) is 0 Å². The number of amides is 2. The van der Waals surface area contributed by atoms with Gasteiger partial charge in [-0.05, 0) is 12.5 Å². The monoisotopic (exact) mass is 464 g/mol. The molecule has 3 N–H and O–H groups in total. The van der Waals surface area contributed by atoms with E-state index in [1.165, 1.54) is 34.0 Å². The molecule has 0 radical (unpaired) electrons. The van der Waals surface area contributed by atoms with Gasteiger partial charge in [0.25, 0.3) is 11.8 Å². The normalized spacial score (nSPS) is 22.1. The quantitative estimate of drug-likeness (QED) is 0.636. The van der Waals surface area contributed by atoms with Gasteiger partial charge in [-0.25, -0.2) is 4.39 Å². The molecule has 32 heavy (non-hydrogen) atoms. The molecule has 11 heteroatoms. The number of ether oxygens (including phenoxy) is 1. The number of rotatable bonds is 4. The maximum absolute atomic E-state index is 14.1. The van der Waals surface area contributed by atoms with Crippen molar-refractivity contribution in [3.63, 3.8) is 0 Å². The zero-order valence-corrected chi connectivity index (χ0v) is 18.2. The Bertz CT molecular complexity index is 1170. The zero-order valence-electron chi connectivity index (χ0n) is 17.4. The van der Waals surface area contributed by atoms with Crippen LogP contribution >= 0.6 is 11.6 Å². The highest BCUT2D eigenvalue weighted by Gasteiger charge is 2.52. The average Bonchev–Trinajstić information content (AvgIpc) is 3.18. The van der Waals surface area contributed by atoms with E-state index in [0.29, 0.717) is 19.4 Å². The number of nitrogens with zero attached hydrogens (tertiary/aromatic N) is 2. The smallest absolute Gasteiger partial charge is 0.278 e. The summed E-state index contributed by atoms with van der Waals surface area (Å²) in [5.41, 5.74) is 0.709. The van der Waals surface area contributed by atoms with Crippen molar-refractivity contribution >= 4 is 23.4 Å². The Morgan fingerprint density at radius 3 is 2.91 bits per heavy atom. The van der Waals surface area contributed by atoms with E-state index in [0.717, 1.165) is 0 Å². The van der Waals surface area contributed by atoms with Crippen LogP contribution in [0.2, 0.25) is 5.02 Å². The second-order valence-electron chi connectivity index (χ2n) is 7.75. The van der Waals surface area contributed by atoms with Gasteiger partial charge < -0.3 is 20.1 Å². The molecule has 0 bridgehead atoms. The first-order chi connectivity index (χ1) is 15.2. The molecule has 1 spiro atoms. The van der Waals surface area contributed by atoms with Crippen LogP contribution in [0.4, 0.5) is 4.39 Å². The van der Waals surface area contributed by atoms with Gasteiger partial charge in [-0.3, -0.25) is 24.5 Å². The van der Waals surface area contributed by atoms with Crippen molar-refractivity contribution in [1.82, 2.24) is 14.9 Å². The Morgan fingerprint density at radius 1 is 1.44 bits per heavy atom. The number of nitrogens with one attached hydrogen (secondary N) is 2. The predicted molar refractivity (Wildman–Crippen MR) is 114 cm³/mol. The number of carbonyl (C=O) groups is 2. The van der Waals surface area contributed by atoms with E-state index in [9.17, 15) is 23.9 Å². The topological polar surface area (TPSA) is 113 Å². The van der Waals surface area contributed by atoms with E-state index >= 15 is 0 Å². The first-order valence-electron chi connectivity index (χ1n) is 10.1. The summed E-state index contributed by atoms with van der Waals surface area (Å²) in [5.74, 6) is -2.94. The maximum atomic E-state index is 14.1. The van der Waals surface area contributed by atoms with Gasteiger partial charge in [0, 0.05) is 31.8 Å². The summed E-state index contributed by atoms with van der Waals surface area (Å²) in [6.45, 7) is 2.12. The van der Waals surface area contributed by atoms with Gasteiger partial charge in [0.15, 0.2) is 17.1 Å². The van der Waals surface area contributed by atoms with Crippen LogP contribution in [0, 0.1) is 5.82 Å². The van der Waals surface area contributed by atoms with Crippen molar-refractivity contribution in [2.45, 2.75) is 38.1 Å². The van der Waals surface area contributed by atoms with E-state index in [-0.39, 0.29) is 28.9 Å². The van der Waals surface area contributed by atoms with Crippen molar-refractivity contribution in [3.05, 3.63) is 62.3 Å². The van der Waals surface area contributed by atoms with Crippen molar-refractivity contribution in [1.29, 1.82) is 0 Å². The third-order valence-electron chi connectivity index (χ3n) is 6.02. The Kier molecular flexibility index (Phi) is 5.59. The van der Waals surface area contributed by atoms with Gasteiger partial charge >= 0.3 is 0 Å². The molecule has 1 fully saturated rings. The number of likely N-dealkylation sites (N-methyl/N-ethyl adjacent to an activating group) is 1. The molecule has 170 valence electrons. The number of aromatic nitrogens is 1. The largest absolute Gasteiger partial charge is 0.502 e. The van der Waals surface area contributed by atoms with Crippen LogP contribution in [-0.4, -0.2) is 51.9 Å². The highest BCUT2D eigenvalue weighted by Crippen LogP contribution is 2.36. The van der Waals surface area contributed by atoms with Crippen molar-refractivity contribution < 1.29 is 23.8 Å². The molecule has 2 atom stereocenters. The molecular formula is C21H22ClFN4O5. The third kappa shape index (κ3) is 3.30. The fraction of sp³-hybridized carbons (Fsp3) is 0.381. The molecule has 4 rings (SSSR count). The molecule has 1 saturated heterocycles. The molecule has 2 aromatic rings. The van der Waals surface area contributed by atoms with Gasteiger partial charge in [-0.2, -0.15) is 0 Å². The van der Waals surface area contributed by atoms with Crippen LogP contribution < -0.4 is 16.2 Å².